The molecule has 0 aromatic carbocycles. The SMILES string of the molecule is COCC(O)CN(C)C1CC1. The second kappa shape index (κ2) is 4.04. The first kappa shape index (κ1) is 8.97. The van der Waals surface area contributed by atoms with Crippen LogP contribution in [0.2, 0.25) is 0 Å². The van der Waals surface area contributed by atoms with Gasteiger partial charge in [-0.15, -0.1) is 0 Å². The van der Waals surface area contributed by atoms with Gasteiger partial charge in [-0.2, -0.15) is 0 Å². The molecule has 3 heteroatoms. The summed E-state index contributed by atoms with van der Waals surface area (Å²) in [5, 5.41) is 9.33. The number of methoxy groups -OCH3 is 1. The van der Waals surface area contributed by atoms with Gasteiger partial charge >= 0.3 is 0 Å². The monoisotopic (exact) mass is 159 g/mol. The van der Waals surface area contributed by atoms with Gasteiger partial charge in [0.25, 0.3) is 0 Å². The fourth-order valence-corrected chi connectivity index (χ4v) is 1.24. The van der Waals surface area contributed by atoms with Crippen LogP contribution in [0.25, 0.3) is 0 Å². The Kier molecular flexibility index (Phi) is 3.30. The molecule has 0 amide bonds. The summed E-state index contributed by atoms with van der Waals surface area (Å²) in [7, 11) is 3.66. The maximum Gasteiger partial charge on any atom is 0.0900 e. The molecule has 1 rings (SSSR count). The average molecular weight is 159 g/mol. The molecular weight excluding hydrogens is 142 g/mol. The van der Waals surface area contributed by atoms with Crippen LogP contribution in [0.5, 0.6) is 0 Å². The van der Waals surface area contributed by atoms with E-state index in [1.54, 1.807) is 7.11 Å². The molecule has 0 aromatic heterocycles. The van der Waals surface area contributed by atoms with Crippen molar-refractivity contribution in [3.05, 3.63) is 0 Å². The van der Waals surface area contributed by atoms with E-state index < -0.39 is 0 Å². The maximum atomic E-state index is 9.33. The van der Waals surface area contributed by atoms with E-state index in [1.807, 2.05) is 0 Å². The molecule has 1 N–H and O–H groups in total. The minimum Gasteiger partial charge on any atom is -0.389 e. The Balaban J connectivity index is 2.07. The third-order valence-electron chi connectivity index (χ3n) is 2.03. The minimum absolute atomic E-state index is 0.328. The van der Waals surface area contributed by atoms with Crippen molar-refractivity contribution >= 4 is 0 Å². The highest BCUT2D eigenvalue weighted by molar-refractivity contribution is 4.83. The van der Waals surface area contributed by atoms with E-state index in [0.717, 1.165) is 12.6 Å². The molecular formula is C8H17NO2. The molecule has 0 radical (unpaired) electrons. The molecule has 0 spiro atoms. The lowest BCUT2D eigenvalue weighted by Crippen LogP contribution is -2.33. The lowest BCUT2D eigenvalue weighted by molar-refractivity contribution is 0.0418. The summed E-state index contributed by atoms with van der Waals surface area (Å²) < 4.78 is 4.83. The van der Waals surface area contributed by atoms with E-state index in [-0.39, 0.29) is 6.10 Å². The number of hydrogen-bond donors (Lipinski definition) is 1. The van der Waals surface area contributed by atoms with E-state index in [2.05, 4.69) is 11.9 Å². The van der Waals surface area contributed by atoms with Gasteiger partial charge in [-0.05, 0) is 19.9 Å². The van der Waals surface area contributed by atoms with E-state index >= 15 is 0 Å². The van der Waals surface area contributed by atoms with Gasteiger partial charge in [-0.25, -0.2) is 0 Å². The smallest absolute Gasteiger partial charge is 0.0900 e. The van der Waals surface area contributed by atoms with Crippen molar-refractivity contribution in [3.8, 4) is 0 Å². The number of likely N-dealkylation sites (N-methyl/N-ethyl adjacent to an activating group) is 1. The Labute approximate surface area is 68.0 Å². The molecule has 3 nitrogen and oxygen atoms in total. The van der Waals surface area contributed by atoms with Crippen molar-refractivity contribution in [1.82, 2.24) is 4.90 Å². The second-order valence-corrected chi connectivity index (χ2v) is 3.28. The van der Waals surface area contributed by atoms with E-state index in [9.17, 15) is 5.11 Å². The third-order valence-corrected chi connectivity index (χ3v) is 2.03. The normalized spacial score (nSPS) is 20.7. The summed E-state index contributed by atoms with van der Waals surface area (Å²) >= 11 is 0. The minimum atomic E-state index is -0.328. The predicted octanol–water partition coefficient (Wildman–Crippen LogP) is 0.0879. The van der Waals surface area contributed by atoms with Crippen LogP contribution in [0.4, 0.5) is 0 Å². The van der Waals surface area contributed by atoms with Gasteiger partial charge in [0.2, 0.25) is 0 Å². The summed E-state index contributed by atoms with van der Waals surface area (Å²) in [5.74, 6) is 0. The largest absolute Gasteiger partial charge is 0.389 e. The fraction of sp³-hybridized carbons (Fsp3) is 1.00. The second-order valence-electron chi connectivity index (χ2n) is 3.28. The molecule has 0 aromatic rings. The maximum absolute atomic E-state index is 9.33. The van der Waals surface area contributed by atoms with Crippen LogP contribution in [0.3, 0.4) is 0 Å². The van der Waals surface area contributed by atoms with Crippen molar-refractivity contribution < 1.29 is 9.84 Å². The molecule has 1 unspecified atom stereocenters. The molecule has 1 atom stereocenters. The summed E-state index contributed by atoms with van der Waals surface area (Å²) in [6.07, 6.45) is 2.25. The zero-order chi connectivity index (χ0) is 8.27. The van der Waals surface area contributed by atoms with Gasteiger partial charge in [-0.1, -0.05) is 0 Å². The molecule has 1 saturated carbocycles. The van der Waals surface area contributed by atoms with Crippen molar-refractivity contribution in [2.24, 2.45) is 0 Å². The number of hydrogen-bond acceptors (Lipinski definition) is 3. The van der Waals surface area contributed by atoms with Gasteiger partial charge in [0.05, 0.1) is 12.7 Å². The zero-order valence-corrected chi connectivity index (χ0v) is 7.29. The first-order valence-corrected chi connectivity index (χ1v) is 4.11. The molecule has 11 heavy (non-hydrogen) atoms. The van der Waals surface area contributed by atoms with E-state index in [1.165, 1.54) is 12.8 Å². The van der Waals surface area contributed by atoms with Gasteiger partial charge in [0.15, 0.2) is 0 Å². The molecule has 1 fully saturated rings. The van der Waals surface area contributed by atoms with E-state index in [0.29, 0.717) is 6.61 Å². The van der Waals surface area contributed by atoms with Crippen molar-refractivity contribution in [2.45, 2.75) is 25.0 Å². The number of ether oxygens (including phenoxy) is 1. The molecule has 0 bridgehead atoms. The first-order chi connectivity index (χ1) is 5.24. The van der Waals surface area contributed by atoms with Gasteiger partial charge < -0.3 is 14.7 Å². The Bertz CT molecular complexity index is 115. The van der Waals surface area contributed by atoms with Gasteiger partial charge in [0, 0.05) is 19.7 Å². The van der Waals surface area contributed by atoms with Crippen LogP contribution in [0.1, 0.15) is 12.8 Å². The number of rotatable bonds is 5. The molecule has 0 heterocycles. The number of aliphatic hydroxyl groups is 1. The van der Waals surface area contributed by atoms with Crippen molar-refractivity contribution in [2.75, 3.05) is 27.3 Å². The fourth-order valence-electron chi connectivity index (χ4n) is 1.24. The van der Waals surface area contributed by atoms with Crippen LogP contribution in [0, 0.1) is 0 Å². The Morgan fingerprint density at radius 3 is 2.73 bits per heavy atom. The van der Waals surface area contributed by atoms with Crippen LogP contribution >= 0.6 is 0 Å². The van der Waals surface area contributed by atoms with Crippen molar-refractivity contribution in [3.63, 3.8) is 0 Å². The van der Waals surface area contributed by atoms with E-state index in [4.69, 9.17) is 4.74 Å². The lowest BCUT2D eigenvalue weighted by Gasteiger charge is -2.19. The first-order valence-electron chi connectivity index (χ1n) is 4.11. The quantitative estimate of drug-likeness (QED) is 0.617. The third kappa shape index (κ3) is 3.18. The standard InChI is InChI=1S/C8H17NO2/c1-9(7-3-4-7)5-8(10)6-11-2/h7-8,10H,3-6H2,1-2H3. The van der Waals surface area contributed by atoms with Gasteiger partial charge in [-0.3, -0.25) is 0 Å². The van der Waals surface area contributed by atoms with Crippen LogP contribution in [-0.4, -0.2) is 49.5 Å². The number of aliphatic hydroxyl groups excluding tert-OH is 1. The topological polar surface area (TPSA) is 32.7 Å². The number of nitrogens with zero attached hydrogens (tertiary/aromatic N) is 1. The summed E-state index contributed by atoms with van der Waals surface area (Å²) in [6.45, 7) is 1.18. The highest BCUT2D eigenvalue weighted by Gasteiger charge is 2.26. The molecule has 1 aliphatic rings. The Hall–Kier alpha value is -0.120. The van der Waals surface area contributed by atoms with Crippen LogP contribution < -0.4 is 0 Å². The lowest BCUT2D eigenvalue weighted by atomic mass is 10.3. The zero-order valence-electron chi connectivity index (χ0n) is 7.29. The van der Waals surface area contributed by atoms with Crippen molar-refractivity contribution in [1.29, 1.82) is 0 Å². The Morgan fingerprint density at radius 1 is 1.64 bits per heavy atom. The molecule has 0 saturated heterocycles. The highest BCUT2D eigenvalue weighted by atomic mass is 16.5. The Morgan fingerprint density at radius 2 is 2.27 bits per heavy atom. The van der Waals surface area contributed by atoms with Crippen LogP contribution in [0.15, 0.2) is 0 Å². The van der Waals surface area contributed by atoms with Gasteiger partial charge in [0.1, 0.15) is 0 Å². The predicted molar refractivity (Wildman–Crippen MR) is 43.5 cm³/mol. The summed E-state index contributed by atoms with van der Waals surface area (Å²) in [4.78, 5) is 2.20. The van der Waals surface area contributed by atoms with Crippen LogP contribution in [-0.2, 0) is 4.74 Å². The summed E-state index contributed by atoms with van der Waals surface area (Å²) in [5.41, 5.74) is 0. The molecule has 66 valence electrons. The average Bonchev–Trinajstić information content (AvgIpc) is 2.67. The molecule has 1 aliphatic carbocycles. The molecule has 0 aliphatic heterocycles. The summed E-state index contributed by atoms with van der Waals surface area (Å²) in [6, 6.07) is 0.724. The highest BCUT2D eigenvalue weighted by Crippen LogP contribution is 2.25.